The highest BCUT2D eigenvalue weighted by atomic mass is 127. The van der Waals surface area contributed by atoms with E-state index in [1.807, 2.05) is 18.2 Å². The molecule has 0 heterocycles. The molecule has 0 fully saturated rings. The van der Waals surface area contributed by atoms with Gasteiger partial charge in [-0.05, 0) is 36.1 Å². The van der Waals surface area contributed by atoms with E-state index in [1.165, 1.54) is 22.6 Å². The highest BCUT2D eigenvalue weighted by Crippen LogP contribution is 2.02. The van der Waals surface area contributed by atoms with Crippen molar-refractivity contribution in [3.05, 3.63) is 71.5 Å². The van der Waals surface area contributed by atoms with Gasteiger partial charge in [-0.2, -0.15) is 0 Å². The topological polar surface area (TPSA) is 56.7 Å². The lowest BCUT2D eigenvalue weighted by Crippen LogP contribution is -2.40. The van der Waals surface area contributed by atoms with Gasteiger partial charge in [-0.15, -0.1) is 24.0 Å². The Kier molecular flexibility index (Phi) is 11.2. The largest absolute Gasteiger partial charge is 0.356 e. The van der Waals surface area contributed by atoms with Gasteiger partial charge in [0.25, 0.3) is 0 Å². The normalized spacial score (nSPS) is 10.8. The van der Waals surface area contributed by atoms with Crippen LogP contribution < -0.4 is 10.6 Å². The summed E-state index contributed by atoms with van der Waals surface area (Å²) in [5, 5.41) is 6.50. The number of halogens is 2. The van der Waals surface area contributed by atoms with Crippen molar-refractivity contribution in [3.63, 3.8) is 0 Å². The van der Waals surface area contributed by atoms with E-state index in [4.69, 9.17) is 0 Å². The van der Waals surface area contributed by atoms with E-state index in [1.54, 1.807) is 26.2 Å². The van der Waals surface area contributed by atoms with Gasteiger partial charge in [0.05, 0.1) is 0 Å². The summed E-state index contributed by atoms with van der Waals surface area (Å²) in [6, 6.07) is 16.6. The molecule has 2 aromatic rings. The molecule has 152 valence electrons. The third kappa shape index (κ3) is 9.16. The average molecular weight is 498 g/mol. The van der Waals surface area contributed by atoms with E-state index < -0.39 is 0 Å². The Morgan fingerprint density at radius 2 is 1.46 bits per heavy atom. The number of nitrogens with zero attached hydrogens (tertiary/aromatic N) is 2. The Morgan fingerprint density at radius 3 is 2.00 bits per heavy atom. The number of hydrogen-bond acceptors (Lipinski definition) is 2. The predicted molar refractivity (Wildman–Crippen MR) is 123 cm³/mol. The van der Waals surface area contributed by atoms with Crippen molar-refractivity contribution in [2.75, 3.05) is 33.7 Å². The van der Waals surface area contributed by atoms with E-state index in [2.05, 4.69) is 27.8 Å². The Bertz CT molecular complexity index is 736. The molecule has 0 aliphatic carbocycles. The molecule has 0 bridgehead atoms. The van der Waals surface area contributed by atoms with Crippen LogP contribution in [0.5, 0.6) is 0 Å². The lowest BCUT2D eigenvalue weighted by atomic mass is 10.1. The molecule has 7 heteroatoms. The van der Waals surface area contributed by atoms with Gasteiger partial charge >= 0.3 is 0 Å². The maximum atomic E-state index is 13.0. The number of nitrogens with one attached hydrogen (secondary N) is 2. The molecule has 5 nitrogen and oxygen atoms in total. The van der Waals surface area contributed by atoms with Gasteiger partial charge in [0.1, 0.15) is 12.4 Å². The molecular formula is C21H28FIN4O. The van der Waals surface area contributed by atoms with Gasteiger partial charge in [0.15, 0.2) is 5.96 Å². The van der Waals surface area contributed by atoms with Crippen LogP contribution in [0, 0.1) is 5.82 Å². The van der Waals surface area contributed by atoms with Crippen LogP contribution in [0.25, 0.3) is 0 Å². The molecule has 2 N–H and O–H groups in total. The molecule has 0 aliphatic rings. The maximum absolute atomic E-state index is 13.0. The first-order valence-corrected chi connectivity index (χ1v) is 9.05. The van der Waals surface area contributed by atoms with Crippen molar-refractivity contribution in [1.29, 1.82) is 0 Å². The second-order valence-electron chi connectivity index (χ2n) is 6.42. The predicted octanol–water partition coefficient (Wildman–Crippen LogP) is 2.85. The second-order valence-corrected chi connectivity index (χ2v) is 6.42. The van der Waals surface area contributed by atoms with Crippen molar-refractivity contribution in [1.82, 2.24) is 15.5 Å². The molecule has 0 radical (unpaired) electrons. The standard InChI is InChI=1S/C21H27FN4O.HI/c1-26(2)20(27)16-25-21(23-14-12-17-6-4-3-5-7-17)24-15-13-18-8-10-19(22)11-9-18;/h3-11H,12-16H2,1-2H3,(H2,23,24,25);1H. The van der Waals surface area contributed by atoms with Gasteiger partial charge in [-0.1, -0.05) is 42.5 Å². The molecule has 2 rings (SSSR count). The van der Waals surface area contributed by atoms with E-state index in [9.17, 15) is 9.18 Å². The monoisotopic (exact) mass is 498 g/mol. The van der Waals surface area contributed by atoms with Crippen molar-refractivity contribution in [2.45, 2.75) is 12.8 Å². The minimum Gasteiger partial charge on any atom is -0.356 e. The minimum atomic E-state index is -0.237. The summed E-state index contributed by atoms with van der Waals surface area (Å²) in [7, 11) is 3.42. The van der Waals surface area contributed by atoms with Crippen molar-refractivity contribution >= 4 is 35.8 Å². The third-order valence-corrected chi connectivity index (χ3v) is 4.04. The van der Waals surface area contributed by atoms with Crippen molar-refractivity contribution in [2.24, 2.45) is 4.99 Å². The zero-order valence-electron chi connectivity index (χ0n) is 16.3. The second kappa shape index (κ2) is 13.1. The molecule has 1 amide bonds. The van der Waals surface area contributed by atoms with Crippen LogP contribution in [0.15, 0.2) is 59.6 Å². The maximum Gasteiger partial charge on any atom is 0.243 e. The smallest absolute Gasteiger partial charge is 0.243 e. The fourth-order valence-electron chi connectivity index (χ4n) is 2.41. The number of aliphatic imine (C=N–C) groups is 1. The van der Waals surface area contributed by atoms with E-state index in [0.717, 1.165) is 18.4 Å². The van der Waals surface area contributed by atoms with Gasteiger partial charge in [-0.3, -0.25) is 4.79 Å². The number of guanidine groups is 1. The Balaban J connectivity index is 0.00000392. The number of amides is 1. The Hall–Kier alpha value is -2.16. The van der Waals surface area contributed by atoms with Crippen LogP contribution in [0.2, 0.25) is 0 Å². The zero-order chi connectivity index (χ0) is 19.5. The number of carbonyl (C=O) groups excluding carboxylic acids is 1. The first kappa shape index (κ1) is 23.9. The molecule has 0 saturated heterocycles. The summed E-state index contributed by atoms with van der Waals surface area (Å²) in [4.78, 5) is 17.7. The van der Waals surface area contributed by atoms with Gasteiger partial charge in [0, 0.05) is 27.2 Å². The van der Waals surface area contributed by atoms with Gasteiger partial charge < -0.3 is 15.5 Å². The van der Waals surface area contributed by atoms with Crippen LogP contribution in [-0.2, 0) is 17.6 Å². The molecule has 0 spiro atoms. The third-order valence-electron chi connectivity index (χ3n) is 4.04. The highest BCUT2D eigenvalue weighted by Gasteiger charge is 2.05. The van der Waals surface area contributed by atoms with Crippen molar-refractivity contribution < 1.29 is 9.18 Å². The quantitative estimate of drug-likeness (QED) is 0.335. The Labute approximate surface area is 183 Å². The van der Waals surface area contributed by atoms with Crippen molar-refractivity contribution in [3.8, 4) is 0 Å². The molecule has 0 unspecified atom stereocenters. The van der Waals surface area contributed by atoms with Crippen LogP contribution >= 0.6 is 24.0 Å². The lowest BCUT2D eigenvalue weighted by molar-refractivity contribution is -0.127. The summed E-state index contributed by atoms with van der Waals surface area (Å²) in [5.74, 6) is 0.305. The van der Waals surface area contributed by atoms with E-state index in [-0.39, 0.29) is 42.2 Å². The average Bonchev–Trinajstić information content (AvgIpc) is 2.67. The SMILES string of the molecule is CN(C)C(=O)CN=C(NCCc1ccccc1)NCCc1ccc(F)cc1.I. The summed E-state index contributed by atoms with van der Waals surface area (Å²) in [6.45, 7) is 1.44. The van der Waals surface area contributed by atoms with E-state index >= 15 is 0 Å². The summed E-state index contributed by atoms with van der Waals surface area (Å²) >= 11 is 0. The fourth-order valence-corrected chi connectivity index (χ4v) is 2.41. The van der Waals surface area contributed by atoms with Gasteiger partial charge in [-0.25, -0.2) is 9.38 Å². The fraction of sp³-hybridized carbons (Fsp3) is 0.333. The number of rotatable bonds is 8. The Morgan fingerprint density at radius 1 is 0.929 bits per heavy atom. The first-order valence-electron chi connectivity index (χ1n) is 9.05. The molecule has 2 aromatic carbocycles. The molecule has 0 aromatic heterocycles. The summed E-state index contributed by atoms with van der Waals surface area (Å²) < 4.78 is 13.0. The minimum absolute atomic E-state index is 0. The van der Waals surface area contributed by atoms with Crippen LogP contribution in [0.4, 0.5) is 4.39 Å². The van der Waals surface area contributed by atoms with Crippen LogP contribution in [-0.4, -0.2) is 50.5 Å². The summed E-state index contributed by atoms with van der Waals surface area (Å²) in [5.41, 5.74) is 2.27. The van der Waals surface area contributed by atoms with E-state index in [0.29, 0.717) is 19.0 Å². The number of carbonyl (C=O) groups is 1. The number of hydrogen-bond donors (Lipinski definition) is 2. The number of likely N-dealkylation sites (N-methyl/N-ethyl adjacent to an activating group) is 1. The summed E-state index contributed by atoms with van der Waals surface area (Å²) in [6.07, 6.45) is 1.60. The lowest BCUT2D eigenvalue weighted by Gasteiger charge is -2.14. The highest BCUT2D eigenvalue weighted by molar-refractivity contribution is 14.0. The molecule has 0 saturated carbocycles. The van der Waals surface area contributed by atoms with Crippen LogP contribution in [0.3, 0.4) is 0 Å². The zero-order valence-corrected chi connectivity index (χ0v) is 18.7. The number of benzene rings is 2. The van der Waals surface area contributed by atoms with Gasteiger partial charge in [0.2, 0.25) is 5.91 Å². The molecule has 0 aliphatic heterocycles. The first-order chi connectivity index (χ1) is 13.0. The molecule has 0 atom stereocenters. The molecule has 28 heavy (non-hydrogen) atoms. The molecular weight excluding hydrogens is 470 g/mol. The van der Waals surface area contributed by atoms with Crippen LogP contribution in [0.1, 0.15) is 11.1 Å².